The SMILES string of the molecule is CC(C)(C)c1ccc(S(=O)(=O)N2C[C@@H]3C[C@@]2(C)CN3C2CCCCC2)cc1. The van der Waals surface area contributed by atoms with Crippen LogP contribution in [-0.2, 0) is 15.4 Å². The van der Waals surface area contributed by atoms with Gasteiger partial charge in [0, 0.05) is 30.7 Å². The van der Waals surface area contributed by atoms with Crippen molar-refractivity contribution in [3.05, 3.63) is 29.8 Å². The first kappa shape index (κ1) is 19.4. The van der Waals surface area contributed by atoms with E-state index < -0.39 is 10.0 Å². The number of sulfonamides is 1. The molecule has 150 valence electrons. The Bertz CT molecular complexity index is 791. The summed E-state index contributed by atoms with van der Waals surface area (Å²) in [5, 5.41) is 0. The van der Waals surface area contributed by atoms with E-state index in [1.165, 1.54) is 37.7 Å². The quantitative estimate of drug-likeness (QED) is 0.778. The molecule has 27 heavy (non-hydrogen) atoms. The fourth-order valence-electron chi connectivity index (χ4n) is 5.46. The normalized spacial score (nSPS) is 30.9. The summed E-state index contributed by atoms with van der Waals surface area (Å²) >= 11 is 0. The zero-order valence-corrected chi connectivity index (χ0v) is 18.1. The van der Waals surface area contributed by atoms with Crippen LogP contribution in [0.1, 0.15) is 71.8 Å². The van der Waals surface area contributed by atoms with Crippen molar-refractivity contribution < 1.29 is 8.42 Å². The van der Waals surface area contributed by atoms with E-state index in [9.17, 15) is 8.42 Å². The van der Waals surface area contributed by atoms with Gasteiger partial charge < -0.3 is 0 Å². The molecular formula is C22H34N2O2S. The van der Waals surface area contributed by atoms with Crippen molar-refractivity contribution in [2.24, 2.45) is 0 Å². The molecular weight excluding hydrogens is 356 g/mol. The maximum atomic E-state index is 13.4. The molecule has 5 heteroatoms. The molecule has 0 spiro atoms. The van der Waals surface area contributed by atoms with Gasteiger partial charge in [-0.3, -0.25) is 4.90 Å². The Morgan fingerprint density at radius 2 is 1.63 bits per heavy atom. The van der Waals surface area contributed by atoms with Gasteiger partial charge in [-0.2, -0.15) is 4.31 Å². The van der Waals surface area contributed by atoms with Crippen LogP contribution in [0, 0.1) is 0 Å². The fourth-order valence-corrected chi connectivity index (χ4v) is 7.27. The van der Waals surface area contributed by atoms with Crippen LogP contribution in [0.4, 0.5) is 0 Å². The van der Waals surface area contributed by atoms with Gasteiger partial charge in [-0.25, -0.2) is 8.42 Å². The molecule has 1 aliphatic carbocycles. The average Bonchev–Trinajstić information content (AvgIpc) is 3.15. The molecule has 2 atom stereocenters. The highest BCUT2D eigenvalue weighted by molar-refractivity contribution is 7.89. The number of piperazine rings is 1. The average molecular weight is 391 g/mol. The van der Waals surface area contributed by atoms with Crippen LogP contribution in [-0.4, -0.2) is 48.3 Å². The summed E-state index contributed by atoms with van der Waals surface area (Å²) in [6.45, 7) is 10.1. The molecule has 0 aromatic heterocycles. The first-order valence-electron chi connectivity index (χ1n) is 10.5. The standard InChI is InChI=1S/C22H34N2O2S/c1-21(2,3)17-10-12-20(13-11-17)27(25,26)24-15-19-14-22(24,4)16-23(19)18-8-6-5-7-9-18/h10-13,18-19H,5-9,14-16H2,1-4H3/t19-,22-/m0/s1. The Kier molecular flexibility index (Phi) is 4.72. The molecule has 2 saturated heterocycles. The van der Waals surface area contributed by atoms with E-state index in [0.29, 0.717) is 23.5 Å². The Balaban J connectivity index is 1.54. The lowest BCUT2D eigenvalue weighted by molar-refractivity contribution is 0.0809. The molecule has 2 aliphatic heterocycles. The molecule has 3 fully saturated rings. The molecule has 4 rings (SSSR count). The van der Waals surface area contributed by atoms with Crippen LogP contribution in [0.5, 0.6) is 0 Å². The van der Waals surface area contributed by atoms with Crippen LogP contribution in [0.25, 0.3) is 0 Å². The van der Waals surface area contributed by atoms with Crippen molar-refractivity contribution in [3.63, 3.8) is 0 Å². The van der Waals surface area contributed by atoms with Crippen molar-refractivity contribution in [2.75, 3.05) is 13.1 Å². The van der Waals surface area contributed by atoms with E-state index in [2.05, 4.69) is 32.6 Å². The summed E-state index contributed by atoms with van der Waals surface area (Å²) in [6.07, 6.45) is 7.56. The summed E-state index contributed by atoms with van der Waals surface area (Å²) in [5.74, 6) is 0. The van der Waals surface area contributed by atoms with Crippen LogP contribution >= 0.6 is 0 Å². The van der Waals surface area contributed by atoms with Crippen molar-refractivity contribution in [3.8, 4) is 0 Å². The Morgan fingerprint density at radius 1 is 1.00 bits per heavy atom. The smallest absolute Gasteiger partial charge is 0.243 e. The molecule has 2 bridgehead atoms. The molecule has 0 radical (unpaired) electrons. The molecule has 1 saturated carbocycles. The van der Waals surface area contributed by atoms with Gasteiger partial charge in [-0.1, -0.05) is 52.2 Å². The van der Waals surface area contributed by atoms with E-state index in [1.807, 2.05) is 12.1 Å². The largest absolute Gasteiger partial charge is 0.294 e. The van der Waals surface area contributed by atoms with Gasteiger partial charge in [0.05, 0.1) is 4.90 Å². The topological polar surface area (TPSA) is 40.6 Å². The van der Waals surface area contributed by atoms with E-state index in [4.69, 9.17) is 0 Å². The maximum absolute atomic E-state index is 13.4. The molecule has 2 heterocycles. The van der Waals surface area contributed by atoms with Gasteiger partial charge in [-0.05, 0) is 49.3 Å². The van der Waals surface area contributed by atoms with Crippen molar-refractivity contribution in [1.29, 1.82) is 0 Å². The molecule has 0 N–H and O–H groups in total. The fraction of sp³-hybridized carbons (Fsp3) is 0.727. The molecule has 4 nitrogen and oxygen atoms in total. The molecule has 0 amide bonds. The van der Waals surface area contributed by atoms with Gasteiger partial charge >= 0.3 is 0 Å². The summed E-state index contributed by atoms with van der Waals surface area (Å²) < 4.78 is 28.6. The predicted molar refractivity (Wildman–Crippen MR) is 109 cm³/mol. The third-order valence-electron chi connectivity index (χ3n) is 7.00. The highest BCUT2D eigenvalue weighted by atomic mass is 32.2. The molecule has 3 aliphatic rings. The zero-order chi connectivity index (χ0) is 19.4. The lowest BCUT2D eigenvalue weighted by Gasteiger charge is -2.43. The summed E-state index contributed by atoms with van der Waals surface area (Å²) in [5.41, 5.74) is 0.935. The van der Waals surface area contributed by atoms with E-state index >= 15 is 0 Å². The lowest BCUT2D eigenvalue weighted by Crippen LogP contribution is -2.57. The van der Waals surface area contributed by atoms with Crippen molar-refractivity contribution in [2.45, 2.75) is 94.2 Å². The first-order valence-corrected chi connectivity index (χ1v) is 11.9. The van der Waals surface area contributed by atoms with E-state index in [-0.39, 0.29) is 11.0 Å². The third kappa shape index (κ3) is 3.36. The number of hydrogen-bond acceptors (Lipinski definition) is 3. The number of benzene rings is 1. The number of nitrogens with zero attached hydrogens (tertiary/aromatic N) is 2. The minimum Gasteiger partial charge on any atom is -0.294 e. The highest BCUT2D eigenvalue weighted by Gasteiger charge is 2.57. The second kappa shape index (κ2) is 6.57. The predicted octanol–water partition coefficient (Wildman–Crippen LogP) is 4.15. The Morgan fingerprint density at radius 3 is 2.15 bits per heavy atom. The maximum Gasteiger partial charge on any atom is 0.243 e. The second-order valence-electron chi connectivity index (χ2n) is 10.1. The molecule has 1 aromatic rings. The monoisotopic (exact) mass is 390 g/mol. The minimum absolute atomic E-state index is 0.0292. The molecule has 0 unspecified atom stereocenters. The Hall–Kier alpha value is -0.910. The van der Waals surface area contributed by atoms with Crippen LogP contribution in [0.2, 0.25) is 0 Å². The van der Waals surface area contributed by atoms with E-state index in [0.717, 1.165) is 13.0 Å². The van der Waals surface area contributed by atoms with Crippen molar-refractivity contribution >= 4 is 10.0 Å². The summed E-state index contributed by atoms with van der Waals surface area (Å²) in [4.78, 5) is 3.07. The number of rotatable bonds is 3. The summed E-state index contributed by atoms with van der Waals surface area (Å²) in [6, 6.07) is 8.59. The minimum atomic E-state index is -3.44. The second-order valence-corrected chi connectivity index (χ2v) is 12.0. The van der Waals surface area contributed by atoms with Crippen LogP contribution < -0.4 is 0 Å². The van der Waals surface area contributed by atoms with Gasteiger partial charge in [0.25, 0.3) is 0 Å². The Labute approximate surface area is 165 Å². The number of likely N-dealkylation sites (tertiary alicyclic amines) is 1. The van der Waals surface area contributed by atoms with Crippen LogP contribution in [0.15, 0.2) is 29.2 Å². The van der Waals surface area contributed by atoms with E-state index in [1.54, 1.807) is 16.4 Å². The number of hydrogen-bond donors (Lipinski definition) is 0. The van der Waals surface area contributed by atoms with Crippen molar-refractivity contribution in [1.82, 2.24) is 9.21 Å². The third-order valence-corrected chi connectivity index (χ3v) is 9.04. The zero-order valence-electron chi connectivity index (χ0n) is 17.2. The first-order chi connectivity index (χ1) is 12.6. The number of fused-ring (bicyclic) bond motifs is 2. The van der Waals surface area contributed by atoms with Gasteiger partial charge in [0.15, 0.2) is 0 Å². The van der Waals surface area contributed by atoms with Gasteiger partial charge in [-0.15, -0.1) is 0 Å². The van der Waals surface area contributed by atoms with Gasteiger partial charge in [0.2, 0.25) is 10.0 Å². The lowest BCUT2D eigenvalue weighted by atomic mass is 9.87. The highest BCUT2D eigenvalue weighted by Crippen LogP contribution is 2.45. The van der Waals surface area contributed by atoms with Crippen LogP contribution in [0.3, 0.4) is 0 Å². The van der Waals surface area contributed by atoms with Gasteiger partial charge in [0.1, 0.15) is 0 Å². The summed E-state index contributed by atoms with van der Waals surface area (Å²) in [7, 11) is -3.44. The molecule has 1 aromatic carbocycles.